The van der Waals surface area contributed by atoms with E-state index in [0.717, 1.165) is 37.7 Å². The number of aromatic nitrogens is 4. The third-order valence-electron chi connectivity index (χ3n) is 11.6. The minimum absolute atomic E-state index is 0.00852. The minimum atomic E-state index is -0.987. The average Bonchev–Trinajstić information content (AvgIpc) is 3.45. The Morgan fingerprint density at radius 1 is 0.927 bits per heavy atom. The van der Waals surface area contributed by atoms with Crippen LogP contribution in [0.5, 0.6) is 0 Å². The SMILES string of the molecule is CCCC(NC(=O)[C@@H]1[C@H]2CCC[C@H]2CN1C(=O)[C@H](CC(=O)[C@@H](NC(=O)Cc1nnn(C(C)(C)c2ccccc2)n1)C(C)C)C(C)(C)C)C(=O)C(=O)NC1CC1. The highest BCUT2D eigenvalue weighted by molar-refractivity contribution is 6.38. The van der Waals surface area contributed by atoms with E-state index in [2.05, 4.69) is 31.4 Å². The normalized spacial score (nSPS) is 21.4. The van der Waals surface area contributed by atoms with Crippen LogP contribution in [0.3, 0.4) is 0 Å². The van der Waals surface area contributed by atoms with Crippen molar-refractivity contribution in [1.29, 1.82) is 0 Å². The topological polar surface area (TPSA) is 185 Å². The molecule has 3 aliphatic rings. The van der Waals surface area contributed by atoms with Crippen LogP contribution in [0.15, 0.2) is 30.3 Å². The molecule has 1 saturated heterocycles. The number of carbonyl (C=O) groups excluding carboxylic acids is 6. The van der Waals surface area contributed by atoms with Gasteiger partial charge in [-0.3, -0.25) is 28.8 Å². The second-order valence-corrected chi connectivity index (χ2v) is 17.7. The van der Waals surface area contributed by atoms with E-state index in [1.165, 1.54) is 4.80 Å². The van der Waals surface area contributed by atoms with E-state index in [1.807, 2.05) is 85.7 Å². The van der Waals surface area contributed by atoms with Gasteiger partial charge in [-0.05, 0) is 79.9 Å². The summed E-state index contributed by atoms with van der Waals surface area (Å²) >= 11 is 0. The maximum atomic E-state index is 14.6. The molecule has 2 aliphatic carbocycles. The number of likely N-dealkylation sites (tertiary alicyclic amines) is 1. The molecule has 2 heterocycles. The molecule has 1 aromatic heterocycles. The third-order valence-corrected chi connectivity index (χ3v) is 11.6. The number of fused-ring (bicyclic) bond motifs is 1. The van der Waals surface area contributed by atoms with Gasteiger partial charge >= 0.3 is 0 Å². The molecule has 3 N–H and O–H groups in total. The van der Waals surface area contributed by atoms with Gasteiger partial charge in [0.2, 0.25) is 23.5 Å². The van der Waals surface area contributed by atoms with Crippen LogP contribution in [-0.4, -0.2) is 91.0 Å². The van der Waals surface area contributed by atoms with Gasteiger partial charge in [-0.25, -0.2) is 0 Å². The highest BCUT2D eigenvalue weighted by Gasteiger charge is 2.52. The van der Waals surface area contributed by atoms with Crippen molar-refractivity contribution in [2.45, 2.75) is 143 Å². The fourth-order valence-electron chi connectivity index (χ4n) is 8.12. The summed E-state index contributed by atoms with van der Waals surface area (Å²) in [4.78, 5) is 85.1. The molecule has 4 amide bonds. The second kappa shape index (κ2) is 17.1. The van der Waals surface area contributed by atoms with Gasteiger partial charge in [0.15, 0.2) is 11.6 Å². The van der Waals surface area contributed by atoms with Crippen molar-refractivity contribution in [2.24, 2.45) is 29.1 Å². The summed E-state index contributed by atoms with van der Waals surface area (Å²) in [6, 6.07) is 7.07. The Labute approximate surface area is 324 Å². The molecule has 14 nitrogen and oxygen atoms in total. The van der Waals surface area contributed by atoms with Crippen molar-refractivity contribution in [1.82, 2.24) is 41.1 Å². The number of ketones is 2. The quantitative estimate of drug-likeness (QED) is 0.203. The van der Waals surface area contributed by atoms with E-state index < -0.39 is 58.5 Å². The molecule has 3 fully saturated rings. The lowest BCUT2D eigenvalue weighted by Gasteiger charge is -2.37. The zero-order valence-electron chi connectivity index (χ0n) is 33.8. The number of rotatable bonds is 17. The number of benzene rings is 1. The van der Waals surface area contributed by atoms with Gasteiger partial charge in [0.1, 0.15) is 11.6 Å². The van der Waals surface area contributed by atoms with Gasteiger partial charge in [-0.15, -0.1) is 10.2 Å². The number of Topliss-reactive ketones (excluding diaryl/α,β-unsaturated/α-hetero) is 2. The molecule has 1 aliphatic heterocycles. The first kappa shape index (κ1) is 41.7. The zero-order chi connectivity index (χ0) is 40.2. The number of hydrogen-bond donors (Lipinski definition) is 3. The van der Waals surface area contributed by atoms with Crippen LogP contribution in [0.25, 0.3) is 0 Å². The Balaban J connectivity index is 1.28. The summed E-state index contributed by atoms with van der Waals surface area (Å²) in [5, 5.41) is 21.3. The fraction of sp³-hybridized carbons (Fsp3) is 0.683. The molecule has 2 saturated carbocycles. The molecular formula is C41H60N8O6. The standard InChI is InChI=1S/C41H60N8O6/c1-9-14-30(36(52)38(54)42-27-19-20-27)43-37(53)35-28-18-13-15-25(28)23-48(35)39(55)29(40(4,5)6)21-31(50)34(24(2)3)44-33(51)22-32-45-47-49(46-32)41(7,8)26-16-11-10-12-17-26/h10-12,16-17,24-25,27-30,34-35H,9,13-15,18-23H2,1-8H3,(H,42,54)(H,43,53)(H,44,51)/t25-,28-,29-,30?,34-,35-/m0/s1. The van der Waals surface area contributed by atoms with Crippen molar-refractivity contribution < 1.29 is 28.8 Å². The molecule has 0 bridgehead atoms. The number of amides is 4. The van der Waals surface area contributed by atoms with Gasteiger partial charge in [0.05, 0.1) is 18.5 Å². The predicted octanol–water partition coefficient (Wildman–Crippen LogP) is 3.52. The number of nitrogens with zero attached hydrogens (tertiary/aromatic N) is 5. The summed E-state index contributed by atoms with van der Waals surface area (Å²) in [6.45, 7) is 15.6. The van der Waals surface area contributed by atoms with E-state index in [9.17, 15) is 28.8 Å². The van der Waals surface area contributed by atoms with Crippen molar-refractivity contribution >= 4 is 35.2 Å². The van der Waals surface area contributed by atoms with Gasteiger partial charge in [0.25, 0.3) is 5.91 Å². The number of hydrogen-bond acceptors (Lipinski definition) is 9. The highest BCUT2D eigenvalue weighted by Crippen LogP contribution is 2.44. The maximum absolute atomic E-state index is 14.6. The van der Waals surface area contributed by atoms with Gasteiger partial charge in [0, 0.05) is 24.9 Å². The maximum Gasteiger partial charge on any atom is 0.289 e. The van der Waals surface area contributed by atoms with Crippen LogP contribution in [0.4, 0.5) is 0 Å². The fourth-order valence-corrected chi connectivity index (χ4v) is 8.12. The van der Waals surface area contributed by atoms with Gasteiger partial charge < -0.3 is 20.9 Å². The summed E-state index contributed by atoms with van der Waals surface area (Å²) in [7, 11) is 0. The molecule has 1 aromatic carbocycles. The minimum Gasteiger partial charge on any atom is -0.347 e. The molecule has 55 heavy (non-hydrogen) atoms. The molecule has 5 rings (SSSR count). The highest BCUT2D eigenvalue weighted by atomic mass is 16.2. The van der Waals surface area contributed by atoms with E-state index in [-0.39, 0.29) is 54.2 Å². The smallest absolute Gasteiger partial charge is 0.289 e. The first-order valence-corrected chi connectivity index (χ1v) is 20.0. The van der Waals surface area contributed by atoms with Crippen LogP contribution >= 0.6 is 0 Å². The van der Waals surface area contributed by atoms with E-state index in [4.69, 9.17) is 0 Å². The molecule has 300 valence electrons. The second-order valence-electron chi connectivity index (χ2n) is 17.7. The van der Waals surface area contributed by atoms with Crippen molar-refractivity contribution in [3.8, 4) is 0 Å². The van der Waals surface area contributed by atoms with Crippen LogP contribution in [0, 0.1) is 29.1 Å². The molecule has 0 spiro atoms. The summed E-state index contributed by atoms with van der Waals surface area (Å²) < 4.78 is 0. The van der Waals surface area contributed by atoms with Crippen LogP contribution in [-0.2, 0) is 40.7 Å². The van der Waals surface area contributed by atoms with E-state index in [1.54, 1.807) is 4.90 Å². The number of carbonyl (C=O) groups is 6. The Bertz CT molecular complexity index is 1730. The molecule has 6 atom stereocenters. The number of tetrazole rings is 1. The average molecular weight is 761 g/mol. The Hall–Kier alpha value is -4.49. The van der Waals surface area contributed by atoms with Crippen LogP contribution in [0.1, 0.15) is 118 Å². The predicted molar refractivity (Wildman–Crippen MR) is 205 cm³/mol. The first-order chi connectivity index (χ1) is 25.9. The first-order valence-electron chi connectivity index (χ1n) is 20.0. The Morgan fingerprint density at radius 2 is 1.62 bits per heavy atom. The van der Waals surface area contributed by atoms with Gasteiger partial charge in [-0.2, -0.15) is 4.80 Å². The lowest BCUT2D eigenvalue weighted by molar-refractivity contribution is -0.148. The number of nitrogens with one attached hydrogen (secondary N) is 3. The monoisotopic (exact) mass is 760 g/mol. The van der Waals surface area contributed by atoms with Crippen LogP contribution in [0.2, 0.25) is 0 Å². The lowest BCUT2D eigenvalue weighted by atomic mass is 9.75. The summed E-state index contributed by atoms with van der Waals surface area (Å²) in [5.74, 6) is -3.60. The molecule has 14 heteroatoms. The van der Waals surface area contributed by atoms with Crippen LogP contribution < -0.4 is 16.0 Å². The summed E-state index contributed by atoms with van der Waals surface area (Å²) in [5.41, 5.74) is -0.292. The van der Waals surface area contributed by atoms with Crippen molar-refractivity contribution in [2.75, 3.05) is 6.54 Å². The molecular weight excluding hydrogens is 701 g/mol. The van der Waals surface area contributed by atoms with E-state index in [0.29, 0.717) is 19.4 Å². The summed E-state index contributed by atoms with van der Waals surface area (Å²) in [6.07, 6.45) is 4.84. The van der Waals surface area contributed by atoms with Crippen molar-refractivity contribution in [3.05, 3.63) is 41.7 Å². The molecule has 2 aromatic rings. The molecule has 1 unspecified atom stereocenters. The largest absolute Gasteiger partial charge is 0.347 e. The zero-order valence-corrected chi connectivity index (χ0v) is 33.8. The third kappa shape index (κ3) is 9.85. The lowest BCUT2D eigenvalue weighted by Crippen LogP contribution is -2.56. The van der Waals surface area contributed by atoms with Crippen molar-refractivity contribution in [3.63, 3.8) is 0 Å². The Kier molecular flexibility index (Phi) is 13.0. The van der Waals surface area contributed by atoms with E-state index >= 15 is 0 Å². The Morgan fingerprint density at radius 3 is 2.24 bits per heavy atom. The van der Waals surface area contributed by atoms with Gasteiger partial charge in [-0.1, -0.05) is 84.7 Å². The molecule has 0 radical (unpaired) electrons.